The van der Waals surface area contributed by atoms with Crippen molar-refractivity contribution < 1.29 is 17.2 Å². The Kier molecular flexibility index (Phi) is 6.32. The van der Waals surface area contributed by atoms with Gasteiger partial charge in [0.05, 0.1) is 4.90 Å². The molecule has 0 amide bonds. The first-order valence-electron chi connectivity index (χ1n) is 7.40. The van der Waals surface area contributed by atoms with Gasteiger partial charge >= 0.3 is 5.76 Å². The molecule has 0 N–H and O–H groups in total. The van der Waals surface area contributed by atoms with E-state index in [2.05, 4.69) is 4.90 Å². The molecule has 0 aliphatic heterocycles. The minimum absolute atomic E-state index is 0.362. The number of hydrogen-bond donors (Lipinski definition) is 0. The predicted molar refractivity (Wildman–Crippen MR) is 90.9 cm³/mol. The van der Waals surface area contributed by atoms with Crippen LogP contribution in [0.1, 0.15) is 18.1 Å². The monoisotopic (exact) mass is 373 g/mol. The number of alkyl halides is 2. The molecule has 0 heterocycles. The fourth-order valence-corrected chi connectivity index (χ4v) is 3.25. The van der Waals surface area contributed by atoms with Crippen molar-refractivity contribution in [3.05, 3.63) is 64.7 Å². The molecule has 0 atom stereocenters. The van der Waals surface area contributed by atoms with E-state index >= 15 is 0 Å². The highest BCUT2D eigenvalue weighted by Gasteiger charge is 2.26. The summed E-state index contributed by atoms with van der Waals surface area (Å²) in [6.07, 6.45) is 0. The minimum atomic E-state index is -4.54. The molecule has 0 aromatic heterocycles. The summed E-state index contributed by atoms with van der Waals surface area (Å²) in [5, 5.41) is 0.671. The number of benzene rings is 2. The maximum absolute atomic E-state index is 12.5. The van der Waals surface area contributed by atoms with E-state index in [0.29, 0.717) is 18.1 Å². The van der Waals surface area contributed by atoms with Crippen LogP contribution in [0.15, 0.2) is 53.4 Å². The SMILES string of the molecule is CCN(Cc1ccc(S(=O)(=O)C(F)F)cc1)Cc1cccc(Cl)c1. The Hall–Kier alpha value is -1.50. The summed E-state index contributed by atoms with van der Waals surface area (Å²) in [6, 6.07) is 13.1. The molecule has 2 rings (SSSR count). The third-order valence-electron chi connectivity index (χ3n) is 3.64. The largest absolute Gasteiger partial charge is 0.341 e. The van der Waals surface area contributed by atoms with Gasteiger partial charge in [0.25, 0.3) is 0 Å². The van der Waals surface area contributed by atoms with Gasteiger partial charge in [0.2, 0.25) is 9.84 Å². The van der Waals surface area contributed by atoms with E-state index in [1.165, 1.54) is 12.1 Å². The van der Waals surface area contributed by atoms with Gasteiger partial charge in [-0.15, -0.1) is 0 Å². The van der Waals surface area contributed by atoms with E-state index in [0.717, 1.165) is 17.7 Å². The molecule has 0 fully saturated rings. The number of sulfone groups is 1. The van der Waals surface area contributed by atoms with E-state index < -0.39 is 15.6 Å². The van der Waals surface area contributed by atoms with Gasteiger partial charge in [-0.1, -0.05) is 42.8 Å². The van der Waals surface area contributed by atoms with E-state index in [1.807, 2.05) is 31.2 Å². The molecule has 0 radical (unpaired) electrons. The van der Waals surface area contributed by atoms with Gasteiger partial charge in [-0.05, 0) is 41.9 Å². The normalized spacial score (nSPS) is 12.1. The van der Waals surface area contributed by atoms with Gasteiger partial charge in [0, 0.05) is 18.1 Å². The fraction of sp³-hybridized carbons (Fsp3) is 0.294. The Morgan fingerprint density at radius 2 is 1.67 bits per heavy atom. The maximum atomic E-state index is 12.5. The third-order valence-corrected chi connectivity index (χ3v) is 5.27. The Bertz CT molecular complexity index is 779. The molecule has 0 saturated carbocycles. The van der Waals surface area contributed by atoms with Crippen molar-refractivity contribution in [2.24, 2.45) is 0 Å². The lowest BCUT2D eigenvalue weighted by atomic mass is 10.1. The van der Waals surface area contributed by atoms with Gasteiger partial charge in [0.1, 0.15) is 0 Å². The Balaban J connectivity index is 2.09. The topological polar surface area (TPSA) is 37.4 Å². The molecular formula is C17H18ClF2NO2S. The second-order valence-electron chi connectivity index (χ2n) is 5.38. The highest BCUT2D eigenvalue weighted by Crippen LogP contribution is 2.20. The first kappa shape index (κ1) is 18.8. The van der Waals surface area contributed by atoms with Crippen LogP contribution in [0, 0.1) is 0 Å². The van der Waals surface area contributed by atoms with Crippen LogP contribution in [0.25, 0.3) is 0 Å². The Morgan fingerprint density at radius 3 is 2.21 bits per heavy atom. The molecular weight excluding hydrogens is 356 g/mol. The second-order valence-corrected chi connectivity index (χ2v) is 7.74. The molecule has 0 aliphatic carbocycles. The number of halogens is 3. The second kappa shape index (κ2) is 8.05. The van der Waals surface area contributed by atoms with Gasteiger partial charge in [-0.25, -0.2) is 8.42 Å². The maximum Gasteiger partial charge on any atom is 0.341 e. The fourth-order valence-electron chi connectivity index (χ4n) is 2.32. The van der Waals surface area contributed by atoms with Crippen molar-refractivity contribution in [3.8, 4) is 0 Å². The molecule has 7 heteroatoms. The van der Waals surface area contributed by atoms with Crippen LogP contribution in [0.4, 0.5) is 8.78 Å². The van der Waals surface area contributed by atoms with Crippen LogP contribution in [0.3, 0.4) is 0 Å². The Morgan fingerprint density at radius 1 is 1.04 bits per heavy atom. The molecule has 2 aromatic rings. The van der Waals surface area contributed by atoms with Crippen LogP contribution in [0.5, 0.6) is 0 Å². The number of hydrogen-bond acceptors (Lipinski definition) is 3. The van der Waals surface area contributed by atoms with Crippen LogP contribution >= 0.6 is 11.6 Å². The van der Waals surface area contributed by atoms with Gasteiger partial charge in [0.15, 0.2) is 0 Å². The number of nitrogens with zero attached hydrogens (tertiary/aromatic N) is 1. The molecule has 0 aliphatic rings. The molecule has 2 aromatic carbocycles. The first-order chi connectivity index (χ1) is 11.3. The van der Waals surface area contributed by atoms with E-state index in [1.54, 1.807) is 12.1 Å². The van der Waals surface area contributed by atoms with Gasteiger partial charge in [-0.3, -0.25) is 4.90 Å². The smallest absolute Gasteiger partial charge is 0.295 e. The van der Waals surface area contributed by atoms with Crippen molar-refractivity contribution >= 4 is 21.4 Å². The molecule has 0 unspecified atom stereocenters. The van der Waals surface area contributed by atoms with Crippen molar-refractivity contribution in [2.75, 3.05) is 6.54 Å². The van der Waals surface area contributed by atoms with Gasteiger partial charge in [-0.2, -0.15) is 8.78 Å². The molecule has 0 spiro atoms. The minimum Gasteiger partial charge on any atom is -0.295 e. The zero-order chi connectivity index (χ0) is 17.7. The first-order valence-corrected chi connectivity index (χ1v) is 9.33. The predicted octanol–water partition coefficient (Wildman–Crippen LogP) is 4.36. The lowest BCUT2D eigenvalue weighted by Crippen LogP contribution is -2.22. The average Bonchev–Trinajstić information content (AvgIpc) is 2.54. The average molecular weight is 374 g/mol. The van der Waals surface area contributed by atoms with Crippen LogP contribution in [-0.4, -0.2) is 25.6 Å². The van der Waals surface area contributed by atoms with Crippen LogP contribution < -0.4 is 0 Å². The quantitative estimate of drug-likeness (QED) is 0.723. The van der Waals surface area contributed by atoms with Crippen molar-refractivity contribution in [2.45, 2.75) is 30.7 Å². The summed E-state index contributed by atoms with van der Waals surface area (Å²) < 4.78 is 47.9. The zero-order valence-corrected chi connectivity index (χ0v) is 14.7. The summed E-state index contributed by atoms with van der Waals surface area (Å²) in [6.45, 7) is 4.07. The molecule has 24 heavy (non-hydrogen) atoms. The highest BCUT2D eigenvalue weighted by molar-refractivity contribution is 7.91. The van der Waals surface area contributed by atoms with Gasteiger partial charge < -0.3 is 0 Å². The summed E-state index contributed by atoms with van der Waals surface area (Å²) in [5.41, 5.74) is 1.92. The van der Waals surface area contributed by atoms with Crippen LogP contribution in [0.2, 0.25) is 5.02 Å². The summed E-state index contributed by atoms with van der Waals surface area (Å²) in [5.74, 6) is -3.40. The molecule has 0 saturated heterocycles. The van der Waals surface area contributed by atoms with Crippen LogP contribution in [-0.2, 0) is 22.9 Å². The lowest BCUT2D eigenvalue weighted by molar-refractivity contribution is 0.234. The van der Waals surface area contributed by atoms with Crippen molar-refractivity contribution in [3.63, 3.8) is 0 Å². The molecule has 3 nitrogen and oxygen atoms in total. The highest BCUT2D eigenvalue weighted by atomic mass is 35.5. The molecule has 130 valence electrons. The standard InChI is InChI=1S/C17H18ClF2NO2S/c1-2-21(12-14-4-3-5-15(18)10-14)11-13-6-8-16(9-7-13)24(22,23)17(19)20/h3-10,17H,2,11-12H2,1H3. The summed E-state index contributed by atoms with van der Waals surface area (Å²) in [7, 11) is -4.54. The zero-order valence-electron chi connectivity index (χ0n) is 13.1. The van der Waals surface area contributed by atoms with Crippen molar-refractivity contribution in [1.82, 2.24) is 4.90 Å². The molecule has 0 bridgehead atoms. The Labute approximate surface area is 145 Å². The summed E-state index contributed by atoms with van der Waals surface area (Å²) >= 11 is 5.98. The number of rotatable bonds is 7. The van der Waals surface area contributed by atoms with E-state index in [4.69, 9.17) is 11.6 Å². The lowest BCUT2D eigenvalue weighted by Gasteiger charge is -2.21. The van der Waals surface area contributed by atoms with Crippen molar-refractivity contribution in [1.29, 1.82) is 0 Å². The summed E-state index contributed by atoms with van der Waals surface area (Å²) in [4.78, 5) is 1.78. The van der Waals surface area contributed by atoms with E-state index in [-0.39, 0.29) is 4.90 Å². The third kappa shape index (κ3) is 4.75. The van der Waals surface area contributed by atoms with E-state index in [9.17, 15) is 17.2 Å².